The predicted molar refractivity (Wildman–Crippen MR) is 122 cm³/mol. The van der Waals surface area contributed by atoms with Crippen LogP contribution in [0.4, 0.5) is 5.69 Å². The molecule has 0 spiro atoms. The van der Waals surface area contributed by atoms with Crippen LogP contribution in [0, 0.1) is 0 Å². The van der Waals surface area contributed by atoms with E-state index in [-0.39, 0.29) is 36.2 Å². The van der Waals surface area contributed by atoms with E-state index in [1.165, 1.54) is 16.1 Å². The second kappa shape index (κ2) is 10.0. The minimum absolute atomic E-state index is 0.0246. The first-order chi connectivity index (χ1) is 15.5. The Morgan fingerprint density at radius 2 is 1.78 bits per heavy atom. The number of carbonyl (C=O) groups excluding carboxylic acids is 2. The van der Waals surface area contributed by atoms with Crippen LogP contribution in [0.1, 0.15) is 12.0 Å². The molecular weight excluding hydrogens is 450 g/mol. The van der Waals surface area contributed by atoms with Gasteiger partial charge in [-0.15, -0.1) is 11.8 Å². The van der Waals surface area contributed by atoms with E-state index in [1.807, 2.05) is 24.3 Å². The molecule has 0 bridgehead atoms. The van der Waals surface area contributed by atoms with Crippen LogP contribution in [-0.4, -0.2) is 63.1 Å². The molecule has 0 atom stereocenters. The fourth-order valence-electron chi connectivity index (χ4n) is 3.72. The van der Waals surface area contributed by atoms with Crippen LogP contribution in [0.5, 0.6) is 0 Å². The number of ether oxygens (including phenoxy) is 1. The van der Waals surface area contributed by atoms with E-state index in [2.05, 4.69) is 5.32 Å². The number of thioether (sulfide) groups is 1. The number of anilines is 1. The van der Waals surface area contributed by atoms with Gasteiger partial charge in [0.05, 0.1) is 29.5 Å². The molecule has 0 saturated carbocycles. The van der Waals surface area contributed by atoms with E-state index < -0.39 is 10.0 Å². The first-order valence-electron chi connectivity index (χ1n) is 10.4. The van der Waals surface area contributed by atoms with Gasteiger partial charge in [-0.1, -0.05) is 30.3 Å². The van der Waals surface area contributed by atoms with Gasteiger partial charge in [0.1, 0.15) is 0 Å². The summed E-state index contributed by atoms with van der Waals surface area (Å²) in [6.45, 7) is 1.73. The second-order valence-electron chi connectivity index (χ2n) is 7.45. The summed E-state index contributed by atoms with van der Waals surface area (Å²) in [5.41, 5.74) is 1.35. The maximum atomic E-state index is 13.0. The quantitative estimate of drug-likeness (QED) is 0.657. The standard InChI is InChI=1S/C22H25N3O5S2/c26-21(9-10-25-18-6-2-3-7-19(18)31-16-22(25)27)23-15-17-5-1-4-8-20(17)32(28,29)24-11-13-30-14-12-24/h1-8H,9-16H2,(H,23,26). The molecular formula is C22H25N3O5S2. The smallest absolute Gasteiger partial charge is 0.243 e. The number of fused-ring (bicyclic) bond motifs is 1. The van der Waals surface area contributed by atoms with Gasteiger partial charge in [-0.05, 0) is 23.8 Å². The van der Waals surface area contributed by atoms with Gasteiger partial charge in [-0.3, -0.25) is 9.59 Å². The lowest BCUT2D eigenvalue weighted by molar-refractivity contribution is -0.121. The zero-order valence-electron chi connectivity index (χ0n) is 17.5. The van der Waals surface area contributed by atoms with Gasteiger partial charge < -0.3 is 15.0 Å². The Balaban J connectivity index is 1.39. The fraction of sp³-hybridized carbons (Fsp3) is 0.364. The number of carbonyl (C=O) groups is 2. The van der Waals surface area contributed by atoms with Gasteiger partial charge in [0.15, 0.2) is 0 Å². The van der Waals surface area contributed by atoms with Crippen molar-refractivity contribution in [1.29, 1.82) is 0 Å². The molecule has 4 rings (SSSR count). The van der Waals surface area contributed by atoms with Gasteiger partial charge in [-0.25, -0.2) is 8.42 Å². The SMILES string of the molecule is O=C(CCN1C(=O)CSc2ccccc21)NCc1ccccc1S(=O)(=O)N1CCOCC1. The molecule has 0 aromatic heterocycles. The van der Waals surface area contributed by atoms with Crippen molar-refractivity contribution in [2.45, 2.75) is 22.8 Å². The minimum atomic E-state index is -3.66. The topological polar surface area (TPSA) is 96.0 Å². The van der Waals surface area contributed by atoms with Crippen molar-refractivity contribution < 1.29 is 22.7 Å². The zero-order chi connectivity index (χ0) is 22.6. The van der Waals surface area contributed by atoms with E-state index in [4.69, 9.17) is 4.74 Å². The van der Waals surface area contributed by atoms with Gasteiger partial charge in [-0.2, -0.15) is 4.31 Å². The van der Waals surface area contributed by atoms with Gasteiger partial charge >= 0.3 is 0 Å². The van der Waals surface area contributed by atoms with Crippen molar-refractivity contribution in [1.82, 2.24) is 9.62 Å². The van der Waals surface area contributed by atoms with Crippen LogP contribution in [0.25, 0.3) is 0 Å². The van der Waals surface area contributed by atoms with Crippen LogP contribution in [0.2, 0.25) is 0 Å². The van der Waals surface area contributed by atoms with Crippen molar-refractivity contribution in [3.05, 3.63) is 54.1 Å². The number of hydrogen-bond acceptors (Lipinski definition) is 6. The number of nitrogens with one attached hydrogen (secondary N) is 1. The highest BCUT2D eigenvalue weighted by molar-refractivity contribution is 8.00. The Hall–Kier alpha value is -2.40. The summed E-state index contributed by atoms with van der Waals surface area (Å²) < 4.78 is 32.8. The Bertz CT molecular complexity index is 1100. The van der Waals surface area contributed by atoms with Crippen molar-refractivity contribution in [2.24, 2.45) is 0 Å². The van der Waals surface area contributed by atoms with Gasteiger partial charge in [0.2, 0.25) is 21.8 Å². The maximum absolute atomic E-state index is 13.0. The highest BCUT2D eigenvalue weighted by Gasteiger charge is 2.28. The van der Waals surface area contributed by atoms with Crippen molar-refractivity contribution in [3.8, 4) is 0 Å². The summed E-state index contributed by atoms with van der Waals surface area (Å²) >= 11 is 1.50. The predicted octanol–water partition coefficient (Wildman–Crippen LogP) is 1.85. The van der Waals surface area contributed by atoms with E-state index in [9.17, 15) is 18.0 Å². The van der Waals surface area contributed by atoms with Crippen LogP contribution in [0.3, 0.4) is 0 Å². The summed E-state index contributed by atoms with van der Waals surface area (Å²) in [5.74, 6) is 0.0846. The number of amides is 2. The number of nitrogens with zero attached hydrogens (tertiary/aromatic N) is 2. The average Bonchev–Trinajstić information content (AvgIpc) is 2.83. The van der Waals surface area contributed by atoms with Crippen molar-refractivity contribution >= 4 is 39.3 Å². The van der Waals surface area contributed by atoms with Crippen molar-refractivity contribution in [3.63, 3.8) is 0 Å². The molecule has 0 radical (unpaired) electrons. The average molecular weight is 476 g/mol. The highest BCUT2D eigenvalue weighted by Crippen LogP contribution is 2.34. The van der Waals surface area contributed by atoms with Gasteiger partial charge in [0, 0.05) is 37.5 Å². The maximum Gasteiger partial charge on any atom is 0.243 e. The molecule has 2 aliphatic heterocycles. The molecule has 0 aliphatic carbocycles. The van der Waals surface area contributed by atoms with Crippen LogP contribution >= 0.6 is 11.8 Å². The summed E-state index contributed by atoms with van der Waals surface area (Å²) in [6, 6.07) is 14.3. The lowest BCUT2D eigenvalue weighted by Gasteiger charge is -2.28. The molecule has 1 fully saturated rings. The molecule has 8 nitrogen and oxygen atoms in total. The van der Waals surface area contributed by atoms with Gasteiger partial charge in [0.25, 0.3) is 0 Å². The third-order valence-electron chi connectivity index (χ3n) is 5.41. The number of sulfonamides is 1. The molecule has 2 heterocycles. The Morgan fingerprint density at radius 1 is 1.06 bits per heavy atom. The van der Waals surface area contributed by atoms with E-state index in [0.717, 1.165) is 10.6 Å². The second-order valence-corrected chi connectivity index (χ2v) is 10.4. The van der Waals surface area contributed by atoms with Crippen LogP contribution in [-0.2, 0) is 30.9 Å². The molecule has 1 saturated heterocycles. The summed E-state index contributed by atoms with van der Waals surface area (Å²) in [5, 5.41) is 2.80. The molecule has 2 aromatic carbocycles. The summed E-state index contributed by atoms with van der Waals surface area (Å²) in [6.07, 6.45) is 0.128. The molecule has 2 amide bonds. The third kappa shape index (κ3) is 4.98. The number of rotatable bonds is 7. The molecule has 0 unspecified atom stereocenters. The number of morpholine rings is 1. The van der Waals surface area contributed by atoms with E-state index >= 15 is 0 Å². The Kier molecular flexibility index (Phi) is 7.14. The normalized spacial score (nSPS) is 17.1. The fourth-order valence-corrected chi connectivity index (χ4v) is 6.29. The molecule has 2 aromatic rings. The summed E-state index contributed by atoms with van der Waals surface area (Å²) in [7, 11) is -3.66. The first-order valence-corrected chi connectivity index (χ1v) is 12.8. The molecule has 10 heteroatoms. The van der Waals surface area contributed by atoms with Crippen molar-refractivity contribution in [2.75, 3.05) is 43.5 Å². The lowest BCUT2D eigenvalue weighted by atomic mass is 10.2. The van der Waals surface area contributed by atoms with Crippen LogP contribution in [0.15, 0.2) is 58.3 Å². The monoisotopic (exact) mass is 475 g/mol. The van der Waals surface area contributed by atoms with Crippen LogP contribution < -0.4 is 10.2 Å². The van der Waals surface area contributed by atoms with E-state index in [0.29, 0.717) is 37.6 Å². The lowest BCUT2D eigenvalue weighted by Crippen LogP contribution is -2.41. The molecule has 1 N–H and O–H groups in total. The number of hydrogen-bond donors (Lipinski definition) is 1. The third-order valence-corrected chi connectivity index (χ3v) is 8.45. The molecule has 2 aliphatic rings. The summed E-state index contributed by atoms with van der Waals surface area (Å²) in [4.78, 5) is 27.7. The Labute approximate surface area is 192 Å². The van der Waals surface area contributed by atoms with E-state index in [1.54, 1.807) is 29.2 Å². The number of benzene rings is 2. The zero-order valence-corrected chi connectivity index (χ0v) is 19.2. The highest BCUT2D eigenvalue weighted by atomic mass is 32.2. The Morgan fingerprint density at radius 3 is 2.59 bits per heavy atom. The first kappa shape index (κ1) is 22.8. The molecule has 170 valence electrons. The minimum Gasteiger partial charge on any atom is -0.379 e. The molecule has 32 heavy (non-hydrogen) atoms. The number of para-hydroxylation sites is 1. The largest absolute Gasteiger partial charge is 0.379 e.